The molecule has 1 heterocycles. The molecule has 0 fully saturated rings. The summed E-state index contributed by atoms with van der Waals surface area (Å²) >= 11 is 5.79. The summed E-state index contributed by atoms with van der Waals surface area (Å²) in [5.74, 6) is -2.94. The lowest BCUT2D eigenvalue weighted by molar-refractivity contribution is 0.319. The van der Waals surface area contributed by atoms with E-state index in [-0.39, 0.29) is 39.1 Å². The first kappa shape index (κ1) is 24.4. The molecule has 0 amide bonds. The molecule has 0 radical (unpaired) electrons. The van der Waals surface area contributed by atoms with Gasteiger partial charge in [-0.15, -0.1) is 0 Å². The van der Waals surface area contributed by atoms with Crippen LogP contribution in [0, 0.1) is 17.5 Å². The monoisotopic (exact) mass is 502 g/mol. The Morgan fingerprint density at radius 1 is 1.11 bits per heavy atom. The number of imidazole rings is 1. The fraction of sp³-hybridized carbons (Fsp3) is 0.167. The third kappa shape index (κ3) is 5.67. The smallest absolute Gasteiger partial charge is 0.201 e. The molecule has 0 bridgehead atoms. The zero-order chi connectivity index (χ0) is 24.9. The van der Waals surface area contributed by atoms with Crippen LogP contribution in [0.3, 0.4) is 0 Å². The maximum atomic E-state index is 14.5. The van der Waals surface area contributed by atoms with Crippen molar-refractivity contribution in [3.8, 4) is 0 Å². The molecule has 3 aromatic carbocycles. The summed E-state index contributed by atoms with van der Waals surface area (Å²) in [5.41, 5.74) is 1.31. The number of anilines is 2. The van der Waals surface area contributed by atoms with Crippen LogP contribution < -0.4 is 10.6 Å². The number of H-pyrrole nitrogens is 1. The molecule has 0 unspecified atom stereocenters. The third-order valence-electron chi connectivity index (χ3n) is 5.28. The number of amidine groups is 1. The lowest BCUT2D eigenvalue weighted by atomic mass is 10.1. The molecule has 11 heteroatoms. The predicted octanol–water partition coefficient (Wildman–Crippen LogP) is 5.43. The number of benzene rings is 3. The van der Waals surface area contributed by atoms with E-state index in [9.17, 15) is 18.4 Å². The van der Waals surface area contributed by atoms with Crippen LogP contribution in [0.1, 0.15) is 11.1 Å². The number of hydrogen-bond donors (Lipinski definition) is 4. The minimum absolute atomic E-state index is 0.0172. The number of halogens is 4. The van der Waals surface area contributed by atoms with Gasteiger partial charge in [-0.1, -0.05) is 47.1 Å². The minimum atomic E-state index is -1.17. The van der Waals surface area contributed by atoms with E-state index in [0.29, 0.717) is 13.1 Å². The van der Waals surface area contributed by atoms with Crippen molar-refractivity contribution in [3.63, 3.8) is 0 Å². The van der Waals surface area contributed by atoms with E-state index in [2.05, 4.69) is 30.7 Å². The molecule has 4 N–H and O–H groups in total. The lowest BCUT2D eigenvalue weighted by Crippen LogP contribution is -2.25. The summed E-state index contributed by atoms with van der Waals surface area (Å²) in [6.45, 7) is 1.89. The van der Waals surface area contributed by atoms with Crippen LogP contribution in [0.15, 0.2) is 59.8 Å². The SMILES string of the molecule is CN(CCNc1nc2c(F)c(F)cc(/C(=N/O)Nc3ccc(F)c(Cl)c3)c2[nH]1)Cc1ccccc1. The molecule has 4 rings (SSSR count). The highest BCUT2D eigenvalue weighted by Crippen LogP contribution is 2.26. The van der Waals surface area contributed by atoms with Gasteiger partial charge < -0.3 is 25.7 Å². The van der Waals surface area contributed by atoms with Gasteiger partial charge in [0.2, 0.25) is 5.95 Å². The number of aromatic nitrogens is 2. The van der Waals surface area contributed by atoms with E-state index in [1.807, 2.05) is 37.4 Å². The first-order valence-corrected chi connectivity index (χ1v) is 11.0. The van der Waals surface area contributed by atoms with Crippen LogP contribution in [0.2, 0.25) is 5.02 Å². The standard InChI is InChI=1S/C24H22ClF3N6O/c1-34(13-14-5-3-2-4-6-14)10-9-29-24-31-21-16(12-19(27)20(28)22(21)32-24)23(33-35)30-15-7-8-18(26)17(25)11-15/h2-8,11-12,35H,9-10,13H2,1H3,(H,30,33)(H2,29,31,32). The largest absolute Gasteiger partial charge is 0.409 e. The Kier molecular flexibility index (Phi) is 7.42. The fourth-order valence-electron chi connectivity index (χ4n) is 3.57. The van der Waals surface area contributed by atoms with Crippen LogP contribution in [-0.2, 0) is 6.54 Å². The van der Waals surface area contributed by atoms with Crippen LogP contribution in [0.4, 0.5) is 24.8 Å². The van der Waals surface area contributed by atoms with Gasteiger partial charge in [0, 0.05) is 30.9 Å². The quantitative estimate of drug-likeness (QED) is 0.112. The van der Waals surface area contributed by atoms with Crippen molar-refractivity contribution in [3.05, 3.63) is 88.2 Å². The summed E-state index contributed by atoms with van der Waals surface area (Å²) < 4.78 is 42.3. The first-order valence-electron chi connectivity index (χ1n) is 10.6. The van der Waals surface area contributed by atoms with Gasteiger partial charge in [0.1, 0.15) is 11.3 Å². The maximum absolute atomic E-state index is 14.5. The van der Waals surface area contributed by atoms with Crippen LogP contribution in [0.5, 0.6) is 0 Å². The van der Waals surface area contributed by atoms with Crippen molar-refractivity contribution < 1.29 is 18.4 Å². The number of aromatic amines is 1. The van der Waals surface area contributed by atoms with Gasteiger partial charge >= 0.3 is 0 Å². The van der Waals surface area contributed by atoms with Gasteiger partial charge in [0.25, 0.3) is 0 Å². The number of hydrogen-bond acceptors (Lipinski definition) is 5. The van der Waals surface area contributed by atoms with Crippen molar-refractivity contribution in [2.24, 2.45) is 5.16 Å². The van der Waals surface area contributed by atoms with Crippen molar-refractivity contribution in [1.82, 2.24) is 14.9 Å². The second kappa shape index (κ2) is 10.7. The van der Waals surface area contributed by atoms with E-state index < -0.39 is 17.5 Å². The van der Waals surface area contributed by atoms with Gasteiger partial charge in [-0.3, -0.25) is 0 Å². The maximum Gasteiger partial charge on any atom is 0.201 e. The Hall–Kier alpha value is -3.76. The Labute approximate surface area is 204 Å². The van der Waals surface area contributed by atoms with Gasteiger partial charge in [-0.2, -0.15) is 0 Å². The van der Waals surface area contributed by atoms with Crippen LogP contribution >= 0.6 is 11.6 Å². The molecule has 35 heavy (non-hydrogen) atoms. The molecule has 1 aromatic heterocycles. The lowest BCUT2D eigenvalue weighted by Gasteiger charge is -2.16. The molecule has 0 saturated carbocycles. The Morgan fingerprint density at radius 2 is 1.89 bits per heavy atom. The van der Waals surface area contributed by atoms with E-state index in [4.69, 9.17) is 11.6 Å². The predicted molar refractivity (Wildman–Crippen MR) is 131 cm³/mol. The van der Waals surface area contributed by atoms with Gasteiger partial charge in [0.05, 0.1) is 10.5 Å². The average molecular weight is 503 g/mol. The minimum Gasteiger partial charge on any atom is -0.409 e. The summed E-state index contributed by atoms with van der Waals surface area (Å²) in [5, 5.41) is 18.4. The van der Waals surface area contributed by atoms with E-state index >= 15 is 0 Å². The highest BCUT2D eigenvalue weighted by atomic mass is 35.5. The number of oxime groups is 1. The highest BCUT2D eigenvalue weighted by Gasteiger charge is 2.21. The molecular weight excluding hydrogens is 481 g/mol. The van der Waals surface area contributed by atoms with Crippen molar-refractivity contribution >= 4 is 40.1 Å². The number of likely N-dealkylation sites (N-methyl/N-ethyl adjacent to an activating group) is 1. The molecule has 0 aliphatic carbocycles. The van der Waals surface area contributed by atoms with E-state index in [1.165, 1.54) is 17.7 Å². The van der Waals surface area contributed by atoms with Crippen molar-refractivity contribution in [2.75, 3.05) is 30.8 Å². The van der Waals surface area contributed by atoms with Gasteiger partial charge in [-0.05, 0) is 36.9 Å². The Balaban J connectivity index is 1.52. The van der Waals surface area contributed by atoms with Crippen molar-refractivity contribution in [2.45, 2.75) is 6.54 Å². The molecule has 0 saturated heterocycles. The highest BCUT2D eigenvalue weighted by molar-refractivity contribution is 6.31. The number of fused-ring (bicyclic) bond motifs is 1. The average Bonchev–Trinajstić information content (AvgIpc) is 3.27. The van der Waals surface area contributed by atoms with Crippen molar-refractivity contribution in [1.29, 1.82) is 0 Å². The topological polar surface area (TPSA) is 88.6 Å². The number of nitrogens with zero attached hydrogens (tertiary/aromatic N) is 3. The summed E-state index contributed by atoms with van der Waals surface area (Å²) in [6, 6.07) is 14.6. The molecule has 7 nitrogen and oxygen atoms in total. The zero-order valence-electron chi connectivity index (χ0n) is 18.6. The fourth-order valence-corrected chi connectivity index (χ4v) is 3.75. The molecule has 4 aromatic rings. The van der Waals surface area contributed by atoms with Gasteiger partial charge in [0.15, 0.2) is 17.5 Å². The summed E-state index contributed by atoms with van der Waals surface area (Å²) in [7, 11) is 1.97. The Bertz CT molecular complexity index is 1360. The summed E-state index contributed by atoms with van der Waals surface area (Å²) in [4.78, 5) is 9.14. The normalized spacial score (nSPS) is 11.9. The molecule has 0 aliphatic rings. The second-order valence-corrected chi connectivity index (χ2v) is 8.29. The van der Waals surface area contributed by atoms with E-state index in [0.717, 1.165) is 18.7 Å². The second-order valence-electron chi connectivity index (χ2n) is 7.88. The van der Waals surface area contributed by atoms with Crippen LogP contribution in [0.25, 0.3) is 11.0 Å². The molecule has 0 spiro atoms. The third-order valence-corrected chi connectivity index (χ3v) is 5.57. The molecule has 182 valence electrons. The molecular formula is C24H22ClF3N6O. The first-order chi connectivity index (χ1) is 16.9. The van der Waals surface area contributed by atoms with E-state index in [1.54, 1.807) is 0 Å². The zero-order valence-corrected chi connectivity index (χ0v) is 19.4. The number of rotatable bonds is 8. The number of nitrogens with one attached hydrogen (secondary N) is 3. The Morgan fingerprint density at radius 3 is 2.60 bits per heavy atom. The van der Waals surface area contributed by atoms with Gasteiger partial charge in [-0.25, -0.2) is 18.2 Å². The molecule has 0 aliphatic heterocycles. The summed E-state index contributed by atoms with van der Waals surface area (Å²) in [6.07, 6.45) is 0. The molecule has 0 atom stereocenters. The van der Waals surface area contributed by atoms with Crippen LogP contribution in [-0.4, -0.2) is 46.0 Å².